The predicted octanol–water partition coefficient (Wildman–Crippen LogP) is 2.39. The lowest BCUT2D eigenvalue weighted by atomic mass is 10.0. The molecule has 0 saturated heterocycles. The molecule has 0 bridgehead atoms. The summed E-state index contributed by atoms with van der Waals surface area (Å²) in [7, 11) is 3.16. The monoisotopic (exact) mass is 276 g/mol. The van der Waals surface area contributed by atoms with Crippen molar-refractivity contribution in [3.63, 3.8) is 0 Å². The second kappa shape index (κ2) is 6.43. The van der Waals surface area contributed by atoms with Crippen LogP contribution in [0.15, 0.2) is 30.5 Å². The molecule has 0 spiro atoms. The molecule has 0 fully saturated rings. The van der Waals surface area contributed by atoms with Crippen molar-refractivity contribution in [2.75, 3.05) is 14.2 Å². The van der Waals surface area contributed by atoms with Crippen molar-refractivity contribution in [2.45, 2.75) is 26.0 Å². The summed E-state index contributed by atoms with van der Waals surface area (Å²) < 4.78 is 12.4. The number of aliphatic hydroxyl groups excluding tert-OH is 1. The van der Waals surface area contributed by atoms with Crippen molar-refractivity contribution in [3.8, 4) is 11.5 Å². The summed E-state index contributed by atoms with van der Waals surface area (Å²) in [6.45, 7) is 2.79. The average molecular weight is 276 g/mol. The topological polar surface area (TPSA) is 56.5 Å². The maximum absolute atomic E-state index is 10.7. The maximum atomic E-state index is 10.7. The van der Waals surface area contributed by atoms with Gasteiger partial charge in [0.2, 0.25) is 0 Å². The highest BCUT2D eigenvalue weighted by Crippen LogP contribution is 2.34. The third kappa shape index (κ3) is 2.63. The number of hydrogen-bond donors (Lipinski definition) is 1. The van der Waals surface area contributed by atoms with Crippen molar-refractivity contribution < 1.29 is 14.6 Å². The third-order valence-corrected chi connectivity index (χ3v) is 3.19. The summed E-state index contributed by atoms with van der Waals surface area (Å²) in [5.41, 5.74) is 1.35. The standard InChI is InChI=1S/C15H20N2O3/c1-4-9-17-14(13(20-3)10-16-17)15(18)11-7-5-6-8-12(11)19-2/h5-8,10,15,18H,4,9H2,1-3H3. The van der Waals surface area contributed by atoms with Gasteiger partial charge in [0, 0.05) is 12.1 Å². The van der Waals surface area contributed by atoms with Gasteiger partial charge in [0.05, 0.1) is 20.4 Å². The first-order chi connectivity index (χ1) is 9.72. The number of aromatic nitrogens is 2. The molecule has 0 aliphatic carbocycles. The number of para-hydroxylation sites is 1. The van der Waals surface area contributed by atoms with Gasteiger partial charge in [0.1, 0.15) is 17.5 Å². The molecule has 0 amide bonds. The number of benzene rings is 1. The minimum Gasteiger partial charge on any atom is -0.496 e. The van der Waals surface area contributed by atoms with Crippen LogP contribution in [0.3, 0.4) is 0 Å². The molecule has 1 unspecified atom stereocenters. The van der Waals surface area contributed by atoms with E-state index in [1.54, 1.807) is 25.1 Å². The average Bonchev–Trinajstić information content (AvgIpc) is 2.89. The second-order valence-corrected chi connectivity index (χ2v) is 4.47. The summed E-state index contributed by atoms with van der Waals surface area (Å²) in [5.74, 6) is 1.23. The van der Waals surface area contributed by atoms with Crippen LogP contribution in [0.25, 0.3) is 0 Å². The molecule has 1 aromatic carbocycles. The van der Waals surface area contributed by atoms with E-state index in [1.165, 1.54) is 0 Å². The zero-order valence-electron chi connectivity index (χ0n) is 12.0. The van der Waals surface area contributed by atoms with E-state index in [9.17, 15) is 5.11 Å². The van der Waals surface area contributed by atoms with Crippen LogP contribution >= 0.6 is 0 Å². The van der Waals surface area contributed by atoms with Gasteiger partial charge in [-0.1, -0.05) is 25.1 Å². The summed E-state index contributed by atoms with van der Waals surface area (Å²) in [4.78, 5) is 0. The molecule has 1 heterocycles. The Balaban J connectivity index is 2.46. The van der Waals surface area contributed by atoms with Gasteiger partial charge in [-0.3, -0.25) is 4.68 Å². The first-order valence-corrected chi connectivity index (χ1v) is 6.63. The van der Waals surface area contributed by atoms with Gasteiger partial charge in [-0.15, -0.1) is 0 Å². The Kier molecular flexibility index (Phi) is 4.63. The first kappa shape index (κ1) is 14.4. The number of ether oxygens (including phenoxy) is 2. The Morgan fingerprint density at radius 1 is 1.20 bits per heavy atom. The van der Waals surface area contributed by atoms with Crippen molar-refractivity contribution >= 4 is 0 Å². The van der Waals surface area contributed by atoms with Crippen LogP contribution < -0.4 is 9.47 Å². The van der Waals surface area contributed by atoms with E-state index in [1.807, 2.05) is 24.3 Å². The first-order valence-electron chi connectivity index (χ1n) is 6.63. The predicted molar refractivity (Wildman–Crippen MR) is 76.1 cm³/mol. The van der Waals surface area contributed by atoms with E-state index in [0.29, 0.717) is 22.8 Å². The number of nitrogens with zero attached hydrogens (tertiary/aromatic N) is 2. The van der Waals surface area contributed by atoms with Crippen LogP contribution in [-0.2, 0) is 6.54 Å². The van der Waals surface area contributed by atoms with E-state index in [-0.39, 0.29) is 0 Å². The van der Waals surface area contributed by atoms with Gasteiger partial charge in [-0.25, -0.2) is 0 Å². The summed E-state index contributed by atoms with van der Waals surface area (Å²) >= 11 is 0. The molecule has 0 radical (unpaired) electrons. The van der Waals surface area contributed by atoms with Crippen LogP contribution in [-0.4, -0.2) is 29.1 Å². The largest absolute Gasteiger partial charge is 0.496 e. The molecule has 1 atom stereocenters. The van der Waals surface area contributed by atoms with Crippen LogP contribution in [0.5, 0.6) is 11.5 Å². The fourth-order valence-electron chi connectivity index (χ4n) is 2.24. The minimum absolute atomic E-state index is 0.580. The molecule has 0 aliphatic rings. The lowest BCUT2D eigenvalue weighted by Crippen LogP contribution is -2.12. The van der Waals surface area contributed by atoms with Gasteiger partial charge in [0.25, 0.3) is 0 Å². The molecule has 5 heteroatoms. The van der Waals surface area contributed by atoms with Crippen LogP contribution in [0.1, 0.15) is 30.7 Å². The maximum Gasteiger partial charge on any atom is 0.163 e. The molecular formula is C15H20N2O3. The molecule has 2 aromatic rings. The molecule has 2 rings (SSSR count). The van der Waals surface area contributed by atoms with Crippen molar-refractivity contribution in [2.24, 2.45) is 0 Å². The van der Waals surface area contributed by atoms with Gasteiger partial charge < -0.3 is 14.6 Å². The highest BCUT2D eigenvalue weighted by atomic mass is 16.5. The van der Waals surface area contributed by atoms with E-state index >= 15 is 0 Å². The van der Waals surface area contributed by atoms with Crippen LogP contribution in [0, 0.1) is 0 Å². The highest BCUT2D eigenvalue weighted by molar-refractivity contribution is 5.42. The van der Waals surface area contributed by atoms with Crippen molar-refractivity contribution in [1.29, 1.82) is 0 Å². The molecule has 5 nitrogen and oxygen atoms in total. The van der Waals surface area contributed by atoms with Crippen LogP contribution in [0.4, 0.5) is 0 Å². The fraction of sp³-hybridized carbons (Fsp3) is 0.400. The van der Waals surface area contributed by atoms with Gasteiger partial charge >= 0.3 is 0 Å². The van der Waals surface area contributed by atoms with Crippen LogP contribution in [0.2, 0.25) is 0 Å². The zero-order chi connectivity index (χ0) is 14.5. The zero-order valence-corrected chi connectivity index (χ0v) is 12.0. The summed E-state index contributed by atoms with van der Waals surface area (Å²) in [6, 6.07) is 7.40. The van der Waals surface area contributed by atoms with Gasteiger partial charge in [0.15, 0.2) is 5.75 Å². The lowest BCUT2D eigenvalue weighted by molar-refractivity contribution is 0.197. The lowest BCUT2D eigenvalue weighted by Gasteiger charge is -2.17. The van der Waals surface area contributed by atoms with Gasteiger partial charge in [-0.2, -0.15) is 5.10 Å². The Bertz CT molecular complexity index is 566. The van der Waals surface area contributed by atoms with Crippen molar-refractivity contribution in [1.82, 2.24) is 9.78 Å². The fourth-order valence-corrected chi connectivity index (χ4v) is 2.24. The Labute approximate surface area is 118 Å². The summed E-state index contributed by atoms with van der Waals surface area (Å²) in [5, 5.41) is 15.0. The molecule has 1 N–H and O–H groups in total. The number of aliphatic hydroxyl groups is 1. The smallest absolute Gasteiger partial charge is 0.163 e. The Morgan fingerprint density at radius 2 is 1.90 bits per heavy atom. The minimum atomic E-state index is -0.838. The number of hydrogen-bond acceptors (Lipinski definition) is 4. The Morgan fingerprint density at radius 3 is 2.55 bits per heavy atom. The normalized spacial score (nSPS) is 12.2. The molecule has 20 heavy (non-hydrogen) atoms. The van der Waals surface area contributed by atoms with Crippen molar-refractivity contribution in [3.05, 3.63) is 41.7 Å². The number of methoxy groups -OCH3 is 2. The molecule has 0 saturated carbocycles. The van der Waals surface area contributed by atoms with E-state index in [0.717, 1.165) is 13.0 Å². The van der Waals surface area contributed by atoms with Gasteiger partial charge in [-0.05, 0) is 12.5 Å². The second-order valence-electron chi connectivity index (χ2n) is 4.47. The summed E-state index contributed by atoms with van der Waals surface area (Å²) in [6.07, 6.45) is 1.72. The molecule has 0 aliphatic heterocycles. The SMILES string of the molecule is CCCn1ncc(OC)c1C(O)c1ccccc1OC. The highest BCUT2D eigenvalue weighted by Gasteiger charge is 2.23. The van der Waals surface area contributed by atoms with E-state index in [4.69, 9.17) is 9.47 Å². The Hall–Kier alpha value is -2.01. The number of aryl methyl sites for hydroxylation is 1. The van der Waals surface area contributed by atoms with E-state index < -0.39 is 6.10 Å². The quantitative estimate of drug-likeness (QED) is 0.880. The van der Waals surface area contributed by atoms with E-state index in [2.05, 4.69) is 12.0 Å². The molecular weight excluding hydrogens is 256 g/mol. The third-order valence-electron chi connectivity index (χ3n) is 3.19. The molecule has 108 valence electrons. The molecule has 1 aromatic heterocycles. The number of rotatable bonds is 6.